The summed E-state index contributed by atoms with van der Waals surface area (Å²) in [6, 6.07) is 9.01. The third kappa shape index (κ3) is 5.43. The molecular formula is C29H26F3N7O2. The number of hydrogen-bond acceptors (Lipinski definition) is 7. The van der Waals surface area contributed by atoms with Crippen molar-refractivity contribution in [1.29, 1.82) is 5.26 Å². The highest BCUT2D eigenvalue weighted by Crippen LogP contribution is 2.35. The van der Waals surface area contributed by atoms with Crippen LogP contribution in [0.1, 0.15) is 26.7 Å². The van der Waals surface area contributed by atoms with E-state index in [0.29, 0.717) is 24.0 Å². The van der Waals surface area contributed by atoms with Gasteiger partial charge in [0.15, 0.2) is 17.2 Å². The molecule has 0 unspecified atom stereocenters. The minimum Gasteiger partial charge on any atom is -0.454 e. The molecule has 2 aromatic heterocycles. The normalized spacial score (nSPS) is 15.5. The van der Waals surface area contributed by atoms with Crippen molar-refractivity contribution in [2.45, 2.75) is 39.3 Å². The lowest BCUT2D eigenvalue weighted by Gasteiger charge is -2.24. The Kier molecular flexibility index (Phi) is 7.61. The van der Waals surface area contributed by atoms with Crippen LogP contribution in [-0.4, -0.2) is 43.1 Å². The molecule has 3 heterocycles. The van der Waals surface area contributed by atoms with Crippen molar-refractivity contribution in [2.24, 2.45) is 5.92 Å². The molecule has 0 spiro atoms. The number of halogens is 3. The number of nitrogens with two attached hydrogens (primary N) is 1. The van der Waals surface area contributed by atoms with Crippen LogP contribution < -0.4 is 10.5 Å². The van der Waals surface area contributed by atoms with Gasteiger partial charge in [-0.25, -0.2) is 23.4 Å². The van der Waals surface area contributed by atoms with E-state index in [2.05, 4.69) is 15.1 Å². The summed E-state index contributed by atoms with van der Waals surface area (Å²) in [7, 11) is 0. The van der Waals surface area contributed by atoms with Crippen LogP contribution >= 0.6 is 0 Å². The van der Waals surface area contributed by atoms with E-state index in [1.807, 2.05) is 19.9 Å². The molecule has 0 bridgehead atoms. The Labute approximate surface area is 233 Å². The highest BCUT2D eigenvalue weighted by atomic mass is 19.2. The predicted octanol–water partition coefficient (Wildman–Crippen LogP) is 5.38. The number of fused-ring (bicyclic) bond motifs is 1. The summed E-state index contributed by atoms with van der Waals surface area (Å²) in [5.41, 5.74) is 6.85. The van der Waals surface area contributed by atoms with Crippen LogP contribution in [-0.2, 0) is 11.3 Å². The Hall–Kier alpha value is -4.92. The molecule has 1 amide bonds. The number of aromatic nitrogens is 4. The van der Waals surface area contributed by atoms with E-state index >= 15 is 4.39 Å². The highest BCUT2D eigenvalue weighted by Gasteiger charge is 2.32. The number of carbonyl (C=O) groups excluding carboxylic acids is 1. The molecule has 1 saturated heterocycles. The number of amides is 1. The fourth-order valence-corrected chi connectivity index (χ4v) is 4.92. The highest BCUT2D eigenvalue weighted by molar-refractivity contribution is 5.99. The number of ether oxygens (including phenoxy) is 1. The number of hydrogen-bond donors (Lipinski definition) is 1. The van der Waals surface area contributed by atoms with E-state index in [9.17, 15) is 18.8 Å². The molecule has 41 heavy (non-hydrogen) atoms. The number of rotatable bonds is 7. The molecule has 1 aliphatic rings. The van der Waals surface area contributed by atoms with Gasteiger partial charge in [0, 0.05) is 18.2 Å². The van der Waals surface area contributed by atoms with Crippen molar-refractivity contribution < 1.29 is 22.7 Å². The van der Waals surface area contributed by atoms with E-state index in [1.165, 1.54) is 30.6 Å². The molecule has 210 valence electrons. The molecule has 4 aromatic rings. The van der Waals surface area contributed by atoms with Crippen LogP contribution in [0, 0.1) is 34.7 Å². The van der Waals surface area contributed by atoms with Crippen LogP contribution in [0.3, 0.4) is 0 Å². The monoisotopic (exact) mass is 561 g/mol. The number of benzene rings is 2. The van der Waals surface area contributed by atoms with Crippen LogP contribution in [0.15, 0.2) is 54.4 Å². The van der Waals surface area contributed by atoms with Crippen molar-refractivity contribution in [3.05, 3.63) is 71.8 Å². The second-order valence-electron chi connectivity index (χ2n) is 10.0. The average molecular weight is 562 g/mol. The van der Waals surface area contributed by atoms with Gasteiger partial charge >= 0.3 is 0 Å². The molecule has 5 rings (SSSR count). The zero-order valence-electron chi connectivity index (χ0n) is 22.3. The molecule has 2 aromatic carbocycles. The number of allylic oxidation sites excluding steroid dienone is 1. The lowest BCUT2D eigenvalue weighted by atomic mass is 10.1. The van der Waals surface area contributed by atoms with Crippen LogP contribution in [0.25, 0.3) is 22.3 Å². The Morgan fingerprint density at radius 1 is 1.22 bits per heavy atom. The first kappa shape index (κ1) is 27.6. The maximum Gasteiger partial charge on any atom is 0.264 e. The van der Waals surface area contributed by atoms with Gasteiger partial charge < -0.3 is 15.4 Å². The quantitative estimate of drug-likeness (QED) is 0.237. The van der Waals surface area contributed by atoms with Gasteiger partial charge in [0.2, 0.25) is 5.82 Å². The van der Waals surface area contributed by atoms with E-state index in [0.717, 1.165) is 18.6 Å². The van der Waals surface area contributed by atoms with Crippen LogP contribution in [0.2, 0.25) is 0 Å². The molecule has 12 heteroatoms. The second kappa shape index (κ2) is 11.3. The van der Waals surface area contributed by atoms with Crippen molar-refractivity contribution in [3.8, 4) is 28.8 Å². The first-order valence-corrected chi connectivity index (χ1v) is 13.0. The smallest absolute Gasteiger partial charge is 0.264 e. The Balaban J connectivity index is 1.48. The zero-order valence-corrected chi connectivity index (χ0v) is 22.3. The summed E-state index contributed by atoms with van der Waals surface area (Å²) in [5.74, 6) is -3.68. The molecule has 0 aliphatic carbocycles. The summed E-state index contributed by atoms with van der Waals surface area (Å²) in [6.07, 6.45) is 4.35. The lowest BCUT2D eigenvalue weighted by molar-refractivity contribution is -0.127. The summed E-state index contributed by atoms with van der Waals surface area (Å²) >= 11 is 0. The topological polar surface area (TPSA) is 123 Å². The summed E-state index contributed by atoms with van der Waals surface area (Å²) in [6.45, 7) is 4.52. The molecule has 2 N–H and O–H groups in total. The first-order valence-electron chi connectivity index (χ1n) is 13.0. The Morgan fingerprint density at radius 2 is 2.02 bits per heavy atom. The third-order valence-corrected chi connectivity index (χ3v) is 6.77. The van der Waals surface area contributed by atoms with Crippen LogP contribution in [0.4, 0.5) is 19.0 Å². The first-order chi connectivity index (χ1) is 19.7. The fourth-order valence-electron chi connectivity index (χ4n) is 4.92. The van der Waals surface area contributed by atoms with Gasteiger partial charge in [0.1, 0.15) is 41.0 Å². The van der Waals surface area contributed by atoms with Gasteiger partial charge in [-0.15, -0.1) is 0 Å². The van der Waals surface area contributed by atoms with Gasteiger partial charge in [0.25, 0.3) is 5.91 Å². The molecular weight excluding hydrogens is 535 g/mol. The van der Waals surface area contributed by atoms with Crippen molar-refractivity contribution in [2.75, 3.05) is 12.3 Å². The van der Waals surface area contributed by atoms with E-state index < -0.39 is 17.5 Å². The molecule has 9 nitrogen and oxygen atoms in total. The van der Waals surface area contributed by atoms with Gasteiger partial charge in [-0.3, -0.25) is 4.79 Å². The van der Waals surface area contributed by atoms with E-state index in [-0.39, 0.29) is 58.6 Å². The average Bonchev–Trinajstić information content (AvgIpc) is 3.55. The van der Waals surface area contributed by atoms with E-state index in [4.69, 9.17) is 10.5 Å². The number of nitriles is 1. The van der Waals surface area contributed by atoms with Gasteiger partial charge in [0.05, 0.1) is 18.0 Å². The van der Waals surface area contributed by atoms with Crippen LogP contribution in [0.5, 0.6) is 11.5 Å². The van der Waals surface area contributed by atoms with Crippen molar-refractivity contribution >= 4 is 22.8 Å². The maximum absolute atomic E-state index is 15.4. The predicted molar refractivity (Wildman–Crippen MR) is 145 cm³/mol. The largest absolute Gasteiger partial charge is 0.454 e. The molecule has 0 radical (unpaired) electrons. The number of anilines is 1. The number of likely N-dealkylation sites (tertiary alicyclic amines) is 1. The van der Waals surface area contributed by atoms with Gasteiger partial charge in [-0.2, -0.15) is 14.8 Å². The SMILES string of the molecule is CC(C)/C=C(/C#N)C(=O)N1CCC[C@H]1Cn1nc(-c2ccc(Oc3cccc(F)c3F)cc2F)c2c(N)ncnc21. The Bertz CT molecular complexity index is 1710. The summed E-state index contributed by atoms with van der Waals surface area (Å²) in [4.78, 5) is 23.2. The summed E-state index contributed by atoms with van der Waals surface area (Å²) < 4.78 is 49.9. The molecule has 1 aliphatic heterocycles. The number of carbonyl (C=O) groups is 1. The summed E-state index contributed by atoms with van der Waals surface area (Å²) in [5, 5.41) is 14.5. The minimum atomic E-state index is -1.19. The van der Waals surface area contributed by atoms with Crippen molar-refractivity contribution in [1.82, 2.24) is 24.6 Å². The van der Waals surface area contributed by atoms with Gasteiger partial charge in [-0.1, -0.05) is 26.0 Å². The molecule has 1 fully saturated rings. The minimum absolute atomic E-state index is 0.0338. The van der Waals surface area contributed by atoms with Gasteiger partial charge in [-0.05, 0) is 43.0 Å². The lowest BCUT2D eigenvalue weighted by Crippen LogP contribution is -2.39. The standard InChI is InChI=1S/C29H26F3N7O2/c1-16(2)11-17(13-33)29(40)38-10-4-5-18(38)14-39-28-24(27(34)35-15-36-28)26(37-39)20-9-8-19(12-22(20)31)41-23-7-3-6-21(30)25(23)32/h3,6-9,11-12,15-16,18H,4-5,10,14H2,1-2H3,(H2,34,35,36)/b17-11-/t18-/m0/s1. The van der Waals surface area contributed by atoms with E-state index in [1.54, 1.807) is 15.7 Å². The molecule has 0 saturated carbocycles. The fraction of sp³-hybridized carbons (Fsp3) is 0.276. The maximum atomic E-state index is 15.4. The third-order valence-electron chi connectivity index (χ3n) is 6.77. The Morgan fingerprint density at radius 3 is 2.76 bits per heavy atom. The molecule has 1 atom stereocenters. The zero-order chi connectivity index (χ0) is 29.3. The number of nitrogens with zero attached hydrogens (tertiary/aromatic N) is 6. The van der Waals surface area contributed by atoms with Crippen molar-refractivity contribution in [3.63, 3.8) is 0 Å². The number of nitrogen functional groups attached to an aromatic ring is 1. The second-order valence-corrected chi connectivity index (χ2v) is 10.0.